The summed E-state index contributed by atoms with van der Waals surface area (Å²) in [7, 11) is 0. The number of anilines is 1. The lowest BCUT2D eigenvalue weighted by atomic mass is 10.4. The molecule has 0 bridgehead atoms. The summed E-state index contributed by atoms with van der Waals surface area (Å²) in [5.41, 5.74) is 5.78. The van der Waals surface area contributed by atoms with Crippen molar-refractivity contribution in [2.45, 2.75) is 6.92 Å². The van der Waals surface area contributed by atoms with Crippen LogP contribution in [0, 0.1) is 11.3 Å². The van der Waals surface area contributed by atoms with E-state index in [-0.39, 0.29) is 5.82 Å². The summed E-state index contributed by atoms with van der Waals surface area (Å²) in [4.78, 5) is 6.09. The maximum atomic E-state index is 8.46. The van der Waals surface area contributed by atoms with Gasteiger partial charge in [-0.1, -0.05) is 4.85 Å². The second-order valence-corrected chi connectivity index (χ2v) is 1.85. The zero-order chi connectivity index (χ0) is 8.27. The van der Waals surface area contributed by atoms with Crippen LogP contribution in [0.15, 0.2) is 6.20 Å². The number of rotatable bonds is 2. The van der Waals surface area contributed by atoms with E-state index in [1.165, 1.54) is 6.20 Å². The molecule has 0 aromatic carbocycles. The largest absolute Gasteiger partial charge is 0.395 e. The normalized spacial score (nSPS) is 9.09. The summed E-state index contributed by atoms with van der Waals surface area (Å²) in [5.74, 6) is 0.245. The standard InChI is InChI=1S/C6H8N4O/c1-2-11-10-6(8)5(3-7)4-9-10/h4H,2,8H2,1H3. The zero-order valence-corrected chi connectivity index (χ0v) is 6.11. The fraction of sp³-hybridized carbons (Fsp3) is 0.333. The SMILES string of the molecule is CCOn1ncc(C#N)c1N. The van der Waals surface area contributed by atoms with Crippen LogP contribution in [0.1, 0.15) is 12.5 Å². The Bertz CT molecular complexity index is 285. The summed E-state index contributed by atoms with van der Waals surface area (Å²) in [5, 5.41) is 12.2. The highest BCUT2D eigenvalue weighted by molar-refractivity contribution is 5.46. The lowest BCUT2D eigenvalue weighted by Gasteiger charge is -2.01. The Morgan fingerprint density at radius 2 is 2.64 bits per heavy atom. The smallest absolute Gasteiger partial charge is 0.181 e. The summed E-state index contributed by atoms with van der Waals surface area (Å²) in [6.45, 7) is 2.28. The predicted octanol–water partition coefficient (Wildman–Crippen LogP) is -0.215. The highest BCUT2D eigenvalue weighted by Crippen LogP contribution is 2.06. The number of hydrogen-bond donors (Lipinski definition) is 1. The molecule has 0 spiro atoms. The van der Waals surface area contributed by atoms with Gasteiger partial charge in [-0.25, -0.2) is 0 Å². The highest BCUT2D eigenvalue weighted by atomic mass is 16.7. The number of nitrogens with two attached hydrogens (primary N) is 1. The quantitative estimate of drug-likeness (QED) is 0.635. The molecule has 58 valence electrons. The highest BCUT2D eigenvalue weighted by Gasteiger charge is 2.05. The summed E-state index contributed by atoms with van der Waals surface area (Å²) < 4.78 is 0. The second-order valence-electron chi connectivity index (χ2n) is 1.85. The maximum Gasteiger partial charge on any atom is 0.181 e. The van der Waals surface area contributed by atoms with Gasteiger partial charge in [0.2, 0.25) is 0 Å². The summed E-state index contributed by atoms with van der Waals surface area (Å²) in [6.07, 6.45) is 1.37. The Balaban J connectivity index is 2.93. The molecule has 0 saturated carbocycles. The van der Waals surface area contributed by atoms with Crippen molar-refractivity contribution < 1.29 is 4.84 Å². The Hall–Kier alpha value is -1.70. The third-order valence-corrected chi connectivity index (χ3v) is 1.15. The number of nitrogens with zero attached hydrogens (tertiary/aromatic N) is 3. The van der Waals surface area contributed by atoms with Crippen molar-refractivity contribution in [3.05, 3.63) is 11.8 Å². The van der Waals surface area contributed by atoms with Gasteiger partial charge in [-0.2, -0.15) is 5.26 Å². The van der Waals surface area contributed by atoms with Gasteiger partial charge in [0.15, 0.2) is 5.82 Å². The van der Waals surface area contributed by atoms with Gasteiger partial charge in [0, 0.05) is 0 Å². The van der Waals surface area contributed by atoms with Crippen molar-refractivity contribution in [1.29, 1.82) is 5.26 Å². The van der Waals surface area contributed by atoms with Crippen LogP contribution in [0.5, 0.6) is 0 Å². The molecule has 5 heteroatoms. The summed E-state index contributed by atoms with van der Waals surface area (Å²) >= 11 is 0. The zero-order valence-electron chi connectivity index (χ0n) is 6.11. The molecule has 0 aliphatic carbocycles. The number of aromatic nitrogens is 2. The van der Waals surface area contributed by atoms with Crippen molar-refractivity contribution in [2.75, 3.05) is 12.3 Å². The Labute approximate surface area is 63.9 Å². The average molecular weight is 152 g/mol. The van der Waals surface area contributed by atoms with Gasteiger partial charge in [0.25, 0.3) is 0 Å². The van der Waals surface area contributed by atoms with Crippen LogP contribution < -0.4 is 10.6 Å². The van der Waals surface area contributed by atoms with Crippen LogP contribution in [0.3, 0.4) is 0 Å². The lowest BCUT2D eigenvalue weighted by Crippen LogP contribution is -2.14. The van der Waals surface area contributed by atoms with Gasteiger partial charge >= 0.3 is 0 Å². The molecular weight excluding hydrogens is 144 g/mol. The molecule has 0 amide bonds. The molecule has 0 atom stereocenters. The van der Waals surface area contributed by atoms with Crippen molar-refractivity contribution in [3.63, 3.8) is 0 Å². The van der Waals surface area contributed by atoms with E-state index < -0.39 is 0 Å². The Kier molecular flexibility index (Phi) is 1.97. The van der Waals surface area contributed by atoms with E-state index in [2.05, 4.69) is 5.10 Å². The molecule has 0 unspecified atom stereocenters. The first kappa shape index (κ1) is 7.41. The number of nitriles is 1. The number of hydrogen-bond acceptors (Lipinski definition) is 4. The minimum absolute atomic E-state index is 0.245. The van der Waals surface area contributed by atoms with Crippen molar-refractivity contribution in [2.24, 2.45) is 0 Å². The minimum Gasteiger partial charge on any atom is -0.395 e. The fourth-order valence-corrected chi connectivity index (χ4v) is 0.653. The molecule has 1 aromatic rings. The molecule has 0 saturated heterocycles. The molecule has 0 radical (unpaired) electrons. The van der Waals surface area contributed by atoms with E-state index in [0.717, 1.165) is 4.85 Å². The van der Waals surface area contributed by atoms with Crippen LogP contribution in [-0.4, -0.2) is 16.6 Å². The molecule has 11 heavy (non-hydrogen) atoms. The number of nitrogen functional groups attached to an aromatic ring is 1. The third-order valence-electron chi connectivity index (χ3n) is 1.15. The van der Waals surface area contributed by atoms with E-state index in [9.17, 15) is 0 Å². The maximum absolute atomic E-state index is 8.46. The van der Waals surface area contributed by atoms with Gasteiger partial charge in [0.1, 0.15) is 18.2 Å². The molecule has 0 aliphatic heterocycles. The molecule has 2 N–H and O–H groups in total. The van der Waals surface area contributed by atoms with Crippen LogP contribution in [-0.2, 0) is 0 Å². The van der Waals surface area contributed by atoms with E-state index >= 15 is 0 Å². The summed E-state index contributed by atoms with van der Waals surface area (Å²) in [6, 6.07) is 1.89. The first-order chi connectivity index (χ1) is 5.29. The second kappa shape index (κ2) is 2.92. The van der Waals surface area contributed by atoms with Gasteiger partial charge in [0.05, 0.1) is 6.20 Å². The van der Waals surface area contributed by atoms with Crippen molar-refractivity contribution >= 4 is 5.82 Å². The van der Waals surface area contributed by atoms with Gasteiger partial charge in [-0.15, -0.1) is 5.10 Å². The monoisotopic (exact) mass is 152 g/mol. The van der Waals surface area contributed by atoms with Crippen LogP contribution in [0.2, 0.25) is 0 Å². The molecule has 5 nitrogen and oxygen atoms in total. The fourth-order valence-electron chi connectivity index (χ4n) is 0.653. The van der Waals surface area contributed by atoms with Crippen molar-refractivity contribution in [1.82, 2.24) is 9.94 Å². The van der Waals surface area contributed by atoms with E-state index in [1.54, 1.807) is 0 Å². The van der Waals surface area contributed by atoms with E-state index in [0.29, 0.717) is 12.2 Å². The van der Waals surface area contributed by atoms with Crippen LogP contribution >= 0.6 is 0 Å². The Morgan fingerprint density at radius 3 is 3.09 bits per heavy atom. The van der Waals surface area contributed by atoms with Gasteiger partial charge in [-0.3, -0.25) is 0 Å². The molecule has 0 aliphatic rings. The topological polar surface area (TPSA) is 76.9 Å². The molecule has 1 heterocycles. The molecule has 0 fully saturated rings. The van der Waals surface area contributed by atoms with Gasteiger partial charge in [-0.05, 0) is 6.92 Å². The molecule has 1 aromatic heterocycles. The first-order valence-corrected chi connectivity index (χ1v) is 3.16. The first-order valence-electron chi connectivity index (χ1n) is 3.16. The Morgan fingerprint density at radius 1 is 1.91 bits per heavy atom. The van der Waals surface area contributed by atoms with E-state index in [4.69, 9.17) is 15.8 Å². The molecule has 1 rings (SSSR count). The minimum atomic E-state index is 0.245. The average Bonchev–Trinajstić information content (AvgIpc) is 2.34. The van der Waals surface area contributed by atoms with Crippen LogP contribution in [0.4, 0.5) is 5.82 Å². The van der Waals surface area contributed by atoms with Gasteiger partial charge < -0.3 is 10.6 Å². The van der Waals surface area contributed by atoms with Crippen LogP contribution in [0.25, 0.3) is 0 Å². The van der Waals surface area contributed by atoms with Crippen molar-refractivity contribution in [3.8, 4) is 6.07 Å². The van der Waals surface area contributed by atoms with E-state index in [1.807, 2.05) is 13.0 Å². The predicted molar refractivity (Wildman–Crippen MR) is 38.5 cm³/mol. The molecular formula is C6H8N4O. The lowest BCUT2D eigenvalue weighted by molar-refractivity contribution is 0.0977. The third kappa shape index (κ3) is 1.24.